The summed E-state index contributed by atoms with van der Waals surface area (Å²) in [6, 6.07) is 22.7. The lowest BCUT2D eigenvalue weighted by atomic mass is 9.94. The molecule has 0 radical (unpaired) electrons. The number of aryl methyl sites for hydroxylation is 1. The van der Waals surface area contributed by atoms with E-state index in [-0.39, 0.29) is 10.9 Å². The average Bonchev–Trinajstić information content (AvgIpc) is 3.30. The number of sulfonamides is 1. The van der Waals surface area contributed by atoms with Crippen molar-refractivity contribution in [2.75, 3.05) is 7.11 Å². The number of methoxy groups -OCH3 is 1. The topological polar surface area (TPSA) is 49.9 Å². The minimum absolute atomic E-state index is 0.208. The molecule has 2 heterocycles. The molecule has 0 saturated carbocycles. The van der Waals surface area contributed by atoms with Gasteiger partial charge in [0, 0.05) is 11.3 Å². The quantitative estimate of drug-likeness (QED) is 0.380. The second kappa shape index (κ2) is 9.27. The standard InChI is InChI=1S/C29H30N2O3S/c1-4-5-9-24-19-23-8-6-7-10-27(23)29-20-28(22-13-15-25(34-3)16-14-22)31(30(24)29)35(32,33)26-17-11-21(2)12-18-26/h6-8,10-20,29H,4-5,9H2,1-3H3. The Morgan fingerprint density at radius 3 is 2.34 bits per heavy atom. The average molecular weight is 487 g/mol. The monoisotopic (exact) mass is 486 g/mol. The molecular formula is C29H30N2O3S. The first-order valence-corrected chi connectivity index (χ1v) is 13.4. The smallest absolute Gasteiger partial charge is 0.281 e. The van der Waals surface area contributed by atoms with Gasteiger partial charge in [-0.1, -0.05) is 55.3 Å². The molecule has 0 aromatic heterocycles. The first-order chi connectivity index (χ1) is 16.9. The Bertz CT molecular complexity index is 1390. The molecule has 0 spiro atoms. The molecule has 3 aromatic rings. The van der Waals surface area contributed by atoms with Crippen molar-refractivity contribution in [2.24, 2.45) is 0 Å². The fraction of sp³-hybridized carbons (Fsp3) is 0.241. The van der Waals surface area contributed by atoms with Gasteiger partial charge in [0.15, 0.2) is 0 Å². The van der Waals surface area contributed by atoms with Crippen LogP contribution in [0.15, 0.2) is 89.5 Å². The highest BCUT2D eigenvalue weighted by atomic mass is 32.2. The summed E-state index contributed by atoms with van der Waals surface area (Å²) in [4.78, 5) is 0.275. The molecule has 0 N–H and O–H groups in total. The van der Waals surface area contributed by atoms with E-state index in [1.165, 1.54) is 4.41 Å². The number of hydrazine groups is 1. The van der Waals surface area contributed by atoms with E-state index in [0.29, 0.717) is 5.70 Å². The summed E-state index contributed by atoms with van der Waals surface area (Å²) >= 11 is 0. The van der Waals surface area contributed by atoms with Gasteiger partial charge in [0.1, 0.15) is 5.75 Å². The van der Waals surface area contributed by atoms with Gasteiger partial charge in [-0.15, -0.1) is 0 Å². The van der Waals surface area contributed by atoms with E-state index < -0.39 is 10.0 Å². The number of ether oxygens (including phenoxy) is 1. The molecular weight excluding hydrogens is 456 g/mol. The number of hydrogen-bond acceptors (Lipinski definition) is 4. The van der Waals surface area contributed by atoms with Crippen LogP contribution in [0, 0.1) is 6.92 Å². The SMILES string of the molecule is CCCCC1=Cc2ccccc2C2C=C(c3ccc(OC)cc3)N(S(=O)(=O)c3ccc(C)cc3)N12. The van der Waals surface area contributed by atoms with Crippen molar-refractivity contribution < 1.29 is 13.2 Å². The van der Waals surface area contributed by atoms with E-state index in [4.69, 9.17) is 4.74 Å². The summed E-state index contributed by atoms with van der Waals surface area (Å²) in [7, 11) is -2.26. The number of allylic oxidation sites excluding steroid dienone is 1. The lowest BCUT2D eigenvalue weighted by Gasteiger charge is -2.40. The zero-order valence-corrected chi connectivity index (χ0v) is 21.1. The molecule has 3 aromatic carbocycles. The van der Waals surface area contributed by atoms with E-state index in [9.17, 15) is 8.42 Å². The summed E-state index contributed by atoms with van der Waals surface area (Å²) in [5, 5.41) is 1.98. The van der Waals surface area contributed by atoms with Crippen LogP contribution in [0.2, 0.25) is 0 Å². The normalized spacial score (nSPS) is 16.9. The van der Waals surface area contributed by atoms with Gasteiger partial charge >= 0.3 is 0 Å². The molecule has 2 aliphatic rings. The number of benzene rings is 3. The third kappa shape index (κ3) is 4.12. The van der Waals surface area contributed by atoms with Crippen LogP contribution in [0.4, 0.5) is 0 Å². The van der Waals surface area contributed by atoms with Crippen LogP contribution in [0.1, 0.15) is 54.5 Å². The minimum atomic E-state index is -3.88. The highest BCUT2D eigenvalue weighted by molar-refractivity contribution is 7.89. The van der Waals surface area contributed by atoms with Crippen LogP contribution in [-0.2, 0) is 10.0 Å². The Morgan fingerprint density at radius 1 is 0.943 bits per heavy atom. The lowest BCUT2D eigenvalue weighted by Crippen LogP contribution is -2.43. The molecule has 6 heteroatoms. The van der Waals surface area contributed by atoms with Crippen molar-refractivity contribution in [3.63, 3.8) is 0 Å². The molecule has 1 atom stereocenters. The Hall–Kier alpha value is -3.51. The van der Waals surface area contributed by atoms with Gasteiger partial charge in [-0.05, 0) is 79.4 Å². The van der Waals surface area contributed by atoms with E-state index >= 15 is 0 Å². The molecule has 35 heavy (non-hydrogen) atoms. The number of fused-ring (bicyclic) bond motifs is 3. The number of rotatable bonds is 7. The summed E-state index contributed by atoms with van der Waals surface area (Å²) in [6.07, 6.45) is 7.02. The van der Waals surface area contributed by atoms with Gasteiger partial charge in [0.2, 0.25) is 0 Å². The van der Waals surface area contributed by atoms with E-state index in [0.717, 1.165) is 53.0 Å². The predicted molar refractivity (Wildman–Crippen MR) is 140 cm³/mol. The number of hydrogen-bond donors (Lipinski definition) is 0. The highest BCUT2D eigenvalue weighted by Crippen LogP contribution is 2.48. The van der Waals surface area contributed by atoms with Crippen molar-refractivity contribution in [1.82, 2.24) is 9.42 Å². The van der Waals surface area contributed by atoms with E-state index in [2.05, 4.69) is 31.2 Å². The van der Waals surface area contributed by atoms with Crippen LogP contribution in [0.3, 0.4) is 0 Å². The van der Waals surface area contributed by atoms with Crippen molar-refractivity contribution in [3.05, 3.63) is 107 Å². The third-order valence-electron chi connectivity index (χ3n) is 6.63. The van der Waals surface area contributed by atoms with E-state index in [1.807, 2.05) is 60.5 Å². The summed E-state index contributed by atoms with van der Waals surface area (Å²) < 4.78 is 35.3. The molecule has 5 rings (SSSR count). The van der Waals surface area contributed by atoms with Gasteiger partial charge in [-0.25, -0.2) is 0 Å². The van der Waals surface area contributed by atoms with Crippen molar-refractivity contribution in [2.45, 2.75) is 44.0 Å². The van der Waals surface area contributed by atoms with Crippen molar-refractivity contribution in [3.8, 4) is 5.75 Å². The predicted octanol–water partition coefficient (Wildman–Crippen LogP) is 6.55. The second-order valence-corrected chi connectivity index (χ2v) is 10.8. The fourth-order valence-corrected chi connectivity index (χ4v) is 6.30. The van der Waals surface area contributed by atoms with Crippen LogP contribution in [0.5, 0.6) is 5.75 Å². The first-order valence-electron chi connectivity index (χ1n) is 12.0. The Kier molecular flexibility index (Phi) is 6.15. The summed E-state index contributed by atoms with van der Waals surface area (Å²) in [5.41, 5.74) is 5.73. The lowest BCUT2D eigenvalue weighted by molar-refractivity contribution is 0.142. The maximum Gasteiger partial charge on any atom is 0.281 e. The zero-order chi connectivity index (χ0) is 24.6. The molecule has 0 fully saturated rings. The van der Waals surface area contributed by atoms with Crippen LogP contribution in [0.25, 0.3) is 11.8 Å². The summed E-state index contributed by atoms with van der Waals surface area (Å²) in [6.45, 7) is 4.11. The molecule has 2 aliphatic heterocycles. The summed E-state index contributed by atoms with van der Waals surface area (Å²) in [5.74, 6) is 0.729. The maximum absolute atomic E-state index is 14.2. The first kappa shape index (κ1) is 23.2. The molecule has 0 bridgehead atoms. The van der Waals surface area contributed by atoms with Gasteiger partial charge in [0.05, 0.1) is 23.7 Å². The molecule has 0 aliphatic carbocycles. The molecule has 0 amide bonds. The number of unbranched alkanes of at least 4 members (excludes halogenated alkanes) is 1. The number of nitrogens with zero attached hydrogens (tertiary/aromatic N) is 2. The fourth-order valence-electron chi connectivity index (χ4n) is 4.76. The second-order valence-electron chi connectivity index (χ2n) is 9.00. The molecule has 5 nitrogen and oxygen atoms in total. The molecule has 1 unspecified atom stereocenters. The maximum atomic E-state index is 14.2. The Balaban J connectivity index is 1.71. The third-order valence-corrected chi connectivity index (χ3v) is 8.33. The Labute approximate surface area is 208 Å². The largest absolute Gasteiger partial charge is 0.497 e. The van der Waals surface area contributed by atoms with Gasteiger partial charge < -0.3 is 4.74 Å². The zero-order valence-electron chi connectivity index (χ0n) is 20.3. The van der Waals surface area contributed by atoms with Crippen LogP contribution in [-0.4, -0.2) is 25.0 Å². The van der Waals surface area contributed by atoms with Gasteiger partial charge in [0.25, 0.3) is 10.0 Å². The molecule has 0 saturated heterocycles. The van der Waals surface area contributed by atoms with Crippen LogP contribution >= 0.6 is 0 Å². The van der Waals surface area contributed by atoms with Crippen LogP contribution < -0.4 is 4.74 Å². The molecule has 180 valence electrons. The van der Waals surface area contributed by atoms with Crippen molar-refractivity contribution >= 4 is 21.8 Å². The highest BCUT2D eigenvalue weighted by Gasteiger charge is 2.44. The Morgan fingerprint density at radius 2 is 1.66 bits per heavy atom. The van der Waals surface area contributed by atoms with Crippen molar-refractivity contribution in [1.29, 1.82) is 0 Å². The van der Waals surface area contributed by atoms with E-state index in [1.54, 1.807) is 19.2 Å². The minimum Gasteiger partial charge on any atom is -0.497 e. The van der Waals surface area contributed by atoms with Gasteiger partial charge in [-0.2, -0.15) is 12.8 Å². The van der Waals surface area contributed by atoms with Gasteiger partial charge in [-0.3, -0.25) is 5.01 Å².